The Balaban J connectivity index is 2.19. The smallest absolute Gasteiger partial charge is 0.163 e. The molecule has 2 aromatic carbocycles. The monoisotopic (exact) mass is 346 g/mol. The van der Waals surface area contributed by atoms with Crippen molar-refractivity contribution in [2.75, 3.05) is 14.2 Å². The number of methoxy groups -OCH3 is 2. The summed E-state index contributed by atoms with van der Waals surface area (Å²) in [5.41, 5.74) is 3.98. The zero-order valence-corrected chi connectivity index (χ0v) is 13.6. The van der Waals surface area contributed by atoms with Crippen molar-refractivity contribution in [1.82, 2.24) is 9.97 Å². The van der Waals surface area contributed by atoms with E-state index in [1.54, 1.807) is 14.2 Å². The second-order valence-corrected chi connectivity index (χ2v) is 5.58. The summed E-state index contributed by atoms with van der Waals surface area (Å²) in [6, 6.07) is 9.85. The molecule has 0 saturated carbocycles. The number of benzene rings is 2. The maximum absolute atomic E-state index is 5.32. The Labute approximate surface area is 131 Å². The predicted octanol–water partition coefficient (Wildman–Crippen LogP) is 4.32. The Morgan fingerprint density at radius 1 is 1.10 bits per heavy atom. The molecule has 5 heteroatoms. The summed E-state index contributed by atoms with van der Waals surface area (Å²) in [6.07, 6.45) is 0. The number of hydrogen-bond donors (Lipinski definition) is 1. The highest BCUT2D eigenvalue weighted by Gasteiger charge is 2.12. The van der Waals surface area contributed by atoms with E-state index in [9.17, 15) is 0 Å². The van der Waals surface area contributed by atoms with E-state index in [1.807, 2.05) is 30.3 Å². The highest BCUT2D eigenvalue weighted by Crippen LogP contribution is 2.33. The molecule has 0 atom stereocenters. The molecule has 108 valence electrons. The van der Waals surface area contributed by atoms with Crippen LogP contribution < -0.4 is 9.47 Å². The van der Waals surface area contributed by atoms with Crippen LogP contribution >= 0.6 is 15.9 Å². The molecule has 0 amide bonds. The second kappa shape index (κ2) is 5.41. The van der Waals surface area contributed by atoms with Crippen LogP contribution in [0.4, 0.5) is 0 Å². The van der Waals surface area contributed by atoms with Crippen molar-refractivity contribution in [3.8, 4) is 22.9 Å². The number of aromatic amines is 1. The first kappa shape index (κ1) is 13.9. The standard InChI is InChI=1S/C16H15BrN2O2/c1-9-10(5-4-6-11(9)17)16-18-12-7-14(20-2)15(21-3)8-13(12)19-16/h4-8H,1-3H3,(H,18,19). The molecule has 0 saturated heterocycles. The van der Waals surface area contributed by atoms with Crippen molar-refractivity contribution < 1.29 is 9.47 Å². The van der Waals surface area contributed by atoms with E-state index in [0.717, 1.165) is 32.5 Å². The summed E-state index contributed by atoms with van der Waals surface area (Å²) >= 11 is 3.55. The van der Waals surface area contributed by atoms with Gasteiger partial charge in [0.1, 0.15) is 5.82 Å². The van der Waals surface area contributed by atoms with E-state index >= 15 is 0 Å². The molecule has 1 N–H and O–H groups in total. The highest BCUT2D eigenvalue weighted by atomic mass is 79.9. The summed E-state index contributed by atoms with van der Waals surface area (Å²) < 4.78 is 11.7. The lowest BCUT2D eigenvalue weighted by Gasteiger charge is -2.06. The normalized spacial score (nSPS) is 10.9. The zero-order chi connectivity index (χ0) is 15.0. The third kappa shape index (κ3) is 2.38. The van der Waals surface area contributed by atoms with Gasteiger partial charge in [0, 0.05) is 22.2 Å². The van der Waals surface area contributed by atoms with Gasteiger partial charge in [-0.15, -0.1) is 0 Å². The van der Waals surface area contributed by atoms with Gasteiger partial charge >= 0.3 is 0 Å². The maximum atomic E-state index is 5.32. The van der Waals surface area contributed by atoms with E-state index in [2.05, 4.69) is 32.8 Å². The summed E-state index contributed by atoms with van der Waals surface area (Å²) in [7, 11) is 3.25. The average Bonchev–Trinajstić information content (AvgIpc) is 2.90. The van der Waals surface area contributed by atoms with Gasteiger partial charge in [-0.3, -0.25) is 0 Å². The molecule has 0 fully saturated rings. The van der Waals surface area contributed by atoms with Gasteiger partial charge in [-0.1, -0.05) is 28.1 Å². The van der Waals surface area contributed by atoms with E-state index in [4.69, 9.17) is 9.47 Å². The average molecular weight is 347 g/mol. The van der Waals surface area contributed by atoms with Gasteiger partial charge in [0.25, 0.3) is 0 Å². The minimum Gasteiger partial charge on any atom is -0.493 e. The van der Waals surface area contributed by atoms with Crippen LogP contribution in [0.15, 0.2) is 34.8 Å². The molecule has 0 aliphatic rings. The third-order valence-corrected chi connectivity index (χ3v) is 4.37. The zero-order valence-electron chi connectivity index (χ0n) is 12.0. The summed E-state index contributed by atoms with van der Waals surface area (Å²) in [4.78, 5) is 8.00. The number of hydrogen-bond acceptors (Lipinski definition) is 3. The van der Waals surface area contributed by atoms with Crippen molar-refractivity contribution in [1.29, 1.82) is 0 Å². The van der Waals surface area contributed by atoms with Crippen LogP contribution in [0.5, 0.6) is 11.5 Å². The first-order valence-corrected chi connectivity index (χ1v) is 7.30. The van der Waals surface area contributed by atoms with Gasteiger partial charge in [-0.05, 0) is 18.6 Å². The number of imidazole rings is 1. The third-order valence-electron chi connectivity index (χ3n) is 3.51. The van der Waals surface area contributed by atoms with Gasteiger partial charge in [0.15, 0.2) is 11.5 Å². The lowest BCUT2D eigenvalue weighted by atomic mass is 10.1. The Hall–Kier alpha value is -2.01. The molecule has 3 aromatic rings. The van der Waals surface area contributed by atoms with Crippen LogP contribution in [0, 0.1) is 6.92 Å². The Morgan fingerprint density at radius 3 is 2.52 bits per heavy atom. The largest absolute Gasteiger partial charge is 0.493 e. The lowest BCUT2D eigenvalue weighted by molar-refractivity contribution is 0.356. The number of nitrogens with one attached hydrogen (secondary N) is 1. The van der Waals surface area contributed by atoms with Crippen LogP contribution in [0.3, 0.4) is 0 Å². The number of aromatic nitrogens is 2. The minimum atomic E-state index is 0.675. The second-order valence-electron chi connectivity index (χ2n) is 4.72. The molecule has 4 nitrogen and oxygen atoms in total. The Kier molecular flexibility index (Phi) is 3.59. The van der Waals surface area contributed by atoms with Crippen molar-refractivity contribution >= 4 is 27.0 Å². The first-order valence-electron chi connectivity index (χ1n) is 6.51. The van der Waals surface area contributed by atoms with Crippen molar-refractivity contribution in [3.05, 3.63) is 40.4 Å². The van der Waals surface area contributed by atoms with Crippen molar-refractivity contribution in [2.24, 2.45) is 0 Å². The fraction of sp³-hybridized carbons (Fsp3) is 0.188. The highest BCUT2D eigenvalue weighted by molar-refractivity contribution is 9.10. The van der Waals surface area contributed by atoms with Gasteiger partial charge in [-0.25, -0.2) is 4.98 Å². The number of ether oxygens (including phenoxy) is 2. The quantitative estimate of drug-likeness (QED) is 0.768. The predicted molar refractivity (Wildman–Crippen MR) is 87.1 cm³/mol. The summed E-state index contributed by atoms with van der Waals surface area (Å²) in [5.74, 6) is 2.19. The van der Waals surface area contributed by atoms with Crippen LogP contribution in [0.2, 0.25) is 0 Å². The van der Waals surface area contributed by atoms with Crippen molar-refractivity contribution in [3.63, 3.8) is 0 Å². The number of fused-ring (bicyclic) bond motifs is 1. The molecular weight excluding hydrogens is 332 g/mol. The molecule has 0 bridgehead atoms. The molecule has 1 heterocycles. The van der Waals surface area contributed by atoms with Gasteiger partial charge in [0.2, 0.25) is 0 Å². The molecule has 1 aromatic heterocycles. The van der Waals surface area contributed by atoms with E-state index < -0.39 is 0 Å². The van der Waals surface area contributed by atoms with E-state index in [0.29, 0.717) is 11.5 Å². The molecule has 0 spiro atoms. The SMILES string of the molecule is COc1cc2nc(-c3cccc(Br)c3C)[nH]c2cc1OC. The summed E-state index contributed by atoms with van der Waals surface area (Å²) in [6.45, 7) is 2.06. The molecule has 21 heavy (non-hydrogen) atoms. The summed E-state index contributed by atoms with van der Waals surface area (Å²) in [5, 5.41) is 0. The molecule has 0 aliphatic heterocycles. The topological polar surface area (TPSA) is 47.1 Å². The molecular formula is C16H15BrN2O2. The first-order chi connectivity index (χ1) is 10.1. The molecule has 0 unspecified atom stereocenters. The lowest BCUT2D eigenvalue weighted by Crippen LogP contribution is -1.89. The Morgan fingerprint density at radius 2 is 1.81 bits per heavy atom. The van der Waals surface area contributed by atoms with Crippen LogP contribution in [-0.2, 0) is 0 Å². The fourth-order valence-electron chi connectivity index (χ4n) is 2.33. The number of nitrogens with zero attached hydrogens (tertiary/aromatic N) is 1. The van der Waals surface area contributed by atoms with Crippen molar-refractivity contribution in [2.45, 2.75) is 6.92 Å². The maximum Gasteiger partial charge on any atom is 0.163 e. The molecule has 0 aliphatic carbocycles. The minimum absolute atomic E-state index is 0.675. The number of rotatable bonds is 3. The number of H-pyrrole nitrogens is 1. The fourth-order valence-corrected chi connectivity index (χ4v) is 2.69. The van der Waals surface area contributed by atoms with Crippen LogP contribution in [0.1, 0.15) is 5.56 Å². The van der Waals surface area contributed by atoms with Gasteiger partial charge in [0.05, 0.1) is 25.3 Å². The van der Waals surface area contributed by atoms with Crippen LogP contribution in [0.25, 0.3) is 22.4 Å². The number of halogens is 1. The van der Waals surface area contributed by atoms with Gasteiger partial charge < -0.3 is 14.5 Å². The van der Waals surface area contributed by atoms with Crippen LogP contribution in [-0.4, -0.2) is 24.2 Å². The molecule has 0 radical (unpaired) electrons. The molecule has 3 rings (SSSR count). The van der Waals surface area contributed by atoms with E-state index in [-0.39, 0.29) is 0 Å². The van der Waals surface area contributed by atoms with Gasteiger partial charge in [-0.2, -0.15) is 0 Å². The Bertz CT molecular complexity index is 770. The van der Waals surface area contributed by atoms with E-state index in [1.165, 1.54) is 0 Å².